The summed E-state index contributed by atoms with van der Waals surface area (Å²) in [6.45, 7) is 11.1. The molecule has 1 aromatic carbocycles. The van der Waals surface area contributed by atoms with Crippen molar-refractivity contribution in [2.45, 2.75) is 27.2 Å². The molecule has 22 heavy (non-hydrogen) atoms. The molecule has 0 saturated carbocycles. The fourth-order valence-corrected chi connectivity index (χ4v) is 0.624. The third-order valence-electron chi connectivity index (χ3n) is 1.59. The second-order valence-corrected chi connectivity index (χ2v) is 3.55. The first kappa shape index (κ1) is 39.5. The minimum atomic E-state index is -0.129. The van der Waals surface area contributed by atoms with Crippen molar-refractivity contribution >= 4 is 17.3 Å². The molecule has 0 aliphatic carbocycles. The maximum Gasteiger partial charge on any atom is 0.129 e. The first-order chi connectivity index (χ1) is 8.31. The Morgan fingerprint density at radius 1 is 0.864 bits per heavy atom. The molecule has 0 aromatic heterocycles. The number of hydrogen-bond acceptors (Lipinski definition) is 3. The monoisotopic (exact) mass is 604 g/mol. The van der Waals surface area contributed by atoms with Gasteiger partial charge in [0.05, 0.1) is 0 Å². The third-order valence-corrected chi connectivity index (χ3v) is 1.59. The molecule has 0 fully saturated rings. The second-order valence-electron chi connectivity index (χ2n) is 3.55. The molecule has 0 spiro atoms. The zero-order chi connectivity index (χ0) is 14.6. The van der Waals surface area contributed by atoms with Crippen LogP contribution >= 0.6 is 0 Å². The molecule has 0 aliphatic rings. The summed E-state index contributed by atoms with van der Waals surface area (Å²) in [5.41, 5.74) is 0.664. The molecule has 0 N–H and O–H groups in total. The van der Waals surface area contributed by atoms with Gasteiger partial charge in [-0.15, -0.1) is 17.7 Å². The van der Waals surface area contributed by atoms with Crippen LogP contribution in [0.25, 0.3) is 0 Å². The normalized spacial score (nSPS) is 6.50. The Hall–Kier alpha value is 2.39. The van der Waals surface area contributed by atoms with Crippen molar-refractivity contribution < 1.29 is 145 Å². The SMILES string of the molecule is CCC(C)=O.[CH2-]C(=O)c1ccccc1.[CH2-]C(C)=O.[Y].[Y].[Y].[Y]. The summed E-state index contributed by atoms with van der Waals surface area (Å²) < 4.78 is 0. The van der Waals surface area contributed by atoms with Crippen molar-refractivity contribution in [3.63, 3.8) is 0 Å². The summed E-state index contributed by atoms with van der Waals surface area (Å²) >= 11 is 0. The van der Waals surface area contributed by atoms with E-state index >= 15 is 0 Å². The first-order valence-electron chi connectivity index (χ1n) is 5.54. The van der Waals surface area contributed by atoms with Crippen molar-refractivity contribution in [2.24, 2.45) is 0 Å². The van der Waals surface area contributed by atoms with Gasteiger partial charge in [-0.1, -0.05) is 25.1 Å². The maximum absolute atomic E-state index is 10.5. The van der Waals surface area contributed by atoms with E-state index in [4.69, 9.17) is 0 Å². The zero-order valence-electron chi connectivity index (χ0n) is 13.5. The first-order valence-corrected chi connectivity index (χ1v) is 5.54. The number of rotatable bonds is 2. The third kappa shape index (κ3) is 38.1. The van der Waals surface area contributed by atoms with Crippen LogP contribution in [0.4, 0.5) is 0 Å². The van der Waals surface area contributed by atoms with Gasteiger partial charge in [0.15, 0.2) is 0 Å². The number of carbonyl (C=O) groups excluding carboxylic acids is 3. The van der Waals surface area contributed by atoms with Crippen LogP contribution < -0.4 is 0 Å². The standard InChI is InChI=1S/C8H7O.C4H8O.C3H5O.4Y/c1-7(9)8-5-3-2-4-6-8;1-3-4(2)5;1-3(2)4;;;;/h2-6H,1H2;3H2,1-2H3;1H2,2H3;;;;/q-1;;-1;;;;. The molecule has 0 saturated heterocycles. The topological polar surface area (TPSA) is 51.2 Å². The van der Waals surface area contributed by atoms with Gasteiger partial charge in [-0.05, 0) is 19.6 Å². The molecule has 1 rings (SSSR count). The van der Waals surface area contributed by atoms with Gasteiger partial charge in [0.25, 0.3) is 0 Å². The van der Waals surface area contributed by atoms with E-state index < -0.39 is 0 Å². The van der Waals surface area contributed by atoms with Crippen LogP contribution in [-0.2, 0) is 140 Å². The predicted molar refractivity (Wildman–Crippen MR) is 73.1 cm³/mol. The largest absolute Gasteiger partial charge is 0.340 e. The summed E-state index contributed by atoms with van der Waals surface area (Å²) in [6, 6.07) is 8.99. The van der Waals surface area contributed by atoms with Crippen LogP contribution in [0.5, 0.6) is 0 Å². The summed E-state index contributed by atoms with van der Waals surface area (Å²) in [4.78, 5) is 29.7. The number of benzene rings is 1. The van der Waals surface area contributed by atoms with Crippen molar-refractivity contribution in [1.82, 2.24) is 0 Å². The van der Waals surface area contributed by atoms with Gasteiger partial charge >= 0.3 is 0 Å². The predicted octanol–water partition coefficient (Wildman–Crippen LogP) is 3.09. The minimum absolute atomic E-state index is 0. The van der Waals surface area contributed by atoms with Crippen LogP contribution in [0.3, 0.4) is 0 Å². The number of hydrogen-bond donors (Lipinski definition) is 0. The molecule has 7 heteroatoms. The van der Waals surface area contributed by atoms with Crippen LogP contribution in [-0.4, -0.2) is 17.3 Å². The van der Waals surface area contributed by atoms with E-state index in [0.29, 0.717) is 12.0 Å². The Morgan fingerprint density at radius 2 is 1.14 bits per heavy atom. The van der Waals surface area contributed by atoms with Gasteiger partial charge in [-0.25, -0.2) is 0 Å². The second kappa shape index (κ2) is 28.2. The molecule has 0 unspecified atom stereocenters. The van der Waals surface area contributed by atoms with Crippen LogP contribution in [0.1, 0.15) is 37.6 Å². The van der Waals surface area contributed by atoms with Gasteiger partial charge < -0.3 is 21.3 Å². The number of ketones is 3. The van der Waals surface area contributed by atoms with E-state index in [1.165, 1.54) is 6.92 Å². The Morgan fingerprint density at radius 3 is 1.27 bits per heavy atom. The van der Waals surface area contributed by atoms with Crippen molar-refractivity contribution in [1.29, 1.82) is 0 Å². The quantitative estimate of drug-likeness (QED) is 0.386. The molecule has 112 valence electrons. The van der Waals surface area contributed by atoms with Crippen molar-refractivity contribution in [3.8, 4) is 0 Å². The Bertz CT molecular complexity index is 378. The maximum atomic E-state index is 10.5. The molecule has 4 radical (unpaired) electrons. The summed E-state index contributed by atoms with van der Waals surface area (Å²) in [7, 11) is 0. The molecular weight excluding hydrogens is 584 g/mol. The molecule has 1 aromatic rings. The van der Waals surface area contributed by atoms with Gasteiger partial charge in [0, 0.05) is 143 Å². The summed E-state index contributed by atoms with van der Waals surface area (Å²) in [5.74, 6) is 0.0422. The molecule has 0 aliphatic heterocycles. The average molecular weight is 604 g/mol. The van der Waals surface area contributed by atoms with E-state index in [1.807, 2.05) is 25.1 Å². The van der Waals surface area contributed by atoms with E-state index in [2.05, 4.69) is 13.8 Å². The van der Waals surface area contributed by atoms with Crippen LogP contribution in [0.15, 0.2) is 30.3 Å². The van der Waals surface area contributed by atoms with Gasteiger partial charge in [-0.3, -0.25) is 0 Å². The zero-order valence-corrected chi connectivity index (χ0v) is 24.9. The summed E-state index contributed by atoms with van der Waals surface area (Å²) in [6.07, 6.45) is 0.667. The smallest absolute Gasteiger partial charge is 0.129 e. The minimum Gasteiger partial charge on any atom is -0.340 e. The van der Waals surface area contributed by atoms with Gasteiger partial charge in [-0.2, -0.15) is 6.92 Å². The van der Waals surface area contributed by atoms with Crippen LogP contribution in [0, 0.1) is 13.8 Å². The van der Waals surface area contributed by atoms with E-state index in [-0.39, 0.29) is 148 Å². The molecule has 0 amide bonds. The van der Waals surface area contributed by atoms with Gasteiger partial charge in [0.1, 0.15) is 5.78 Å². The van der Waals surface area contributed by atoms with E-state index in [9.17, 15) is 14.4 Å². The molecule has 3 nitrogen and oxygen atoms in total. The fraction of sp³-hybridized carbons (Fsp3) is 0.267. The molecular formula is C15H20O3Y4-2. The average Bonchev–Trinajstić information content (AvgIpc) is 2.30. The Kier molecular flexibility index (Phi) is 50.6. The van der Waals surface area contributed by atoms with Crippen molar-refractivity contribution in [2.75, 3.05) is 0 Å². The number of Topliss-reactive ketones (excluding diaryl/α,β-unsaturated/α-hetero) is 3. The Balaban J connectivity index is -0.0000000438. The summed E-state index contributed by atoms with van der Waals surface area (Å²) in [5, 5.41) is 0. The van der Waals surface area contributed by atoms with E-state index in [1.54, 1.807) is 19.1 Å². The molecule has 0 heterocycles. The van der Waals surface area contributed by atoms with Crippen molar-refractivity contribution in [3.05, 3.63) is 49.7 Å². The molecule has 0 bridgehead atoms. The Labute approximate surface area is 235 Å². The van der Waals surface area contributed by atoms with Crippen LogP contribution in [0.2, 0.25) is 0 Å². The number of carbonyl (C=O) groups is 3. The fourth-order valence-electron chi connectivity index (χ4n) is 0.624. The van der Waals surface area contributed by atoms with E-state index in [0.717, 1.165) is 0 Å². The van der Waals surface area contributed by atoms with Gasteiger partial charge in [0.2, 0.25) is 0 Å². The molecule has 0 atom stereocenters.